The second kappa shape index (κ2) is 8.15. The molecule has 0 aromatic heterocycles. The fourth-order valence-corrected chi connectivity index (χ4v) is 3.80. The average Bonchev–Trinajstić information content (AvgIpc) is 2.46. The molecule has 0 saturated heterocycles. The highest BCUT2D eigenvalue weighted by Crippen LogP contribution is 2.40. The molecule has 0 bridgehead atoms. The van der Waals surface area contributed by atoms with Crippen molar-refractivity contribution in [1.29, 1.82) is 0 Å². The van der Waals surface area contributed by atoms with E-state index in [0.717, 1.165) is 26.9 Å². The van der Waals surface area contributed by atoms with Crippen molar-refractivity contribution in [2.75, 3.05) is 27.4 Å². The van der Waals surface area contributed by atoms with Crippen molar-refractivity contribution in [1.82, 2.24) is 0 Å². The van der Waals surface area contributed by atoms with Crippen molar-refractivity contribution >= 4 is 47.8 Å². The lowest BCUT2D eigenvalue weighted by Gasteiger charge is -2.41. The van der Waals surface area contributed by atoms with Crippen LogP contribution >= 0.6 is 47.8 Å². The number of methoxy groups -OCH3 is 2. The van der Waals surface area contributed by atoms with Gasteiger partial charge in [0.25, 0.3) is 0 Å². The van der Waals surface area contributed by atoms with Gasteiger partial charge in [-0.05, 0) is 44.0 Å². The van der Waals surface area contributed by atoms with Gasteiger partial charge in [-0.2, -0.15) is 0 Å². The summed E-state index contributed by atoms with van der Waals surface area (Å²) in [5.74, 6) is 1.53. The summed E-state index contributed by atoms with van der Waals surface area (Å²) in [7, 11) is 3.30. The maximum Gasteiger partial charge on any atom is 0.135 e. The van der Waals surface area contributed by atoms with Gasteiger partial charge in [-0.15, -0.1) is 0 Å². The Bertz CT molecular complexity index is 484. The van der Waals surface area contributed by atoms with E-state index in [-0.39, 0.29) is 12.2 Å². The Hall–Kier alpha value is 0.180. The number of hydrogen-bond acceptors (Lipinski definition) is 4. The van der Waals surface area contributed by atoms with Crippen LogP contribution in [0.15, 0.2) is 21.1 Å². The third-order valence-corrected chi connectivity index (χ3v) is 5.40. The first-order valence-corrected chi connectivity index (χ1v) is 9.01. The van der Waals surface area contributed by atoms with Crippen molar-refractivity contribution in [3.63, 3.8) is 0 Å². The van der Waals surface area contributed by atoms with Crippen LogP contribution in [-0.4, -0.2) is 44.5 Å². The molecule has 0 radical (unpaired) electrons. The van der Waals surface area contributed by atoms with Crippen LogP contribution in [0.3, 0.4) is 0 Å². The van der Waals surface area contributed by atoms with Crippen molar-refractivity contribution < 1.29 is 18.9 Å². The highest BCUT2D eigenvalue weighted by molar-refractivity contribution is 9.11. The zero-order valence-corrected chi connectivity index (χ0v) is 16.5. The number of halogens is 3. The van der Waals surface area contributed by atoms with Crippen LogP contribution in [0.1, 0.15) is 6.42 Å². The molecule has 3 atom stereocenters. The molecule has 118 valence electrons. The van der Waals surface area contributed by atoms with E-state index in [4.69, 9.17) is 18.9 Å². The van der Waals surface area contributed by atoms with Crippen molar-refractivity contribution in [2.45, 2.75) is 23.5 Å². The molecule has 3 unspecified atom stereocenters. The summed E-state index contributed by atoms with van der Waals surface area (Å²) in [6.45, 7) is 1.15. The maximum atomic E-state index is 6.05. The first-order chi connectivity index (χ1) is 10.1. The maximum absolute atomic E-state index is 6.05. The number of rotatable bonds is 7. The topological polar surface area (TPSA) is 36.9 Å². The Kier molecular flexibility index (Phi) is 6.80. The molecule has 1 aromatic rings. The number of alkyl halides is 1. The summed E-state index contributed by atoms with van der Waals surface area (Å²) in [5.41, 5.74) is 0. The van der Waals surface area contributed by atoms with Crippen LogP contribution in [0, 0.1) is 0 Å². The summed E-state index contributed by atoms with van der Waals surface area (Å²) < 4.78 is 23.8. The molecule has 1 aliphatic carbocycles. The fourth-order valence-electron chi connectivity index (χ4n) is 2.04. The minimum atomic E-state index is 0.0304. The summed E-state index contributed by atoms with van der Waals surface area (Å²) >= 11 is 10.6. The average molecular weight is 489 g/mol. The first-order valence-electron chi connectivity index (χ1n) is 6.51. The normalized spacial score (nSPS) is 24.5. The van der Waals surface area contributed by atoms with Crippen LogP contribution < -0.4 is 9.47 Å². The minimum Gasteiger partial charge on any atom is -0.496 e. The van der Waals surface area contributed by atoms with Crippen LogP contribution in [0.25, 0.3) is 0 Å². The molecular weight excluding hydrogens is 472 g/mol. The molecule has 1 saturated carbocycles. The van der Waals surface area contributed by atoms with Crippen LogP contribution in [-0.2, 0) is 9.47 Å². The molecule has 7 heteroatoms. The van der Waals surface area contributed by atoms with Gasteiger partial charge in [0.1, 0.15) is 23.7 Å². The summed E-state index contributed by atoms with van der Waals surface area (Å²) in [4.78, 5) is 0.319. The quantitative estimate of drug-likeness (QED) is 0.426. The lowest BCUT2D eigenvalue weighted by molar-refractivity contribution is -0.0867. The third-order valence-electron chi connectivity index (χ3n) is 3.26. The zero-order valence-electron chi connectivity index (χ0n) is 11.8. The molecule has 0 N–H and O–H groups in total. The van der Waals surface area contributed by atoms with Gasteiger partial charge < -0.3 is 18.9 Å². The Morgan fingerprint density at radius 3 is 2.38 bits per heavy atom. The molecular formula is C14H17Br3O4. The smallest absolute Gasteiger partial charge is 0.135 e. The van der Waals surface area contributed by atoms with Crippen LogP contribution in [0.4, 0.5) is 0 Å². The lowest BCUT2D eigenvalue weighted by atomic mass is 9.91. The monoisotopic (exact) mass is 486 g/mol. The summed E-state index contributed by atoms with van der Waals surface area (Å²) in [6.07, 6.45) is 0.976. The van der Waals surface area contributed by atoms with E-state index >= 15 is 0 Å². The highest BCUT2D eigenvalue weighted by Gasteiger charge is 2.42. The first kappa shape index (κ1) is 17.5. The second-order valence-corrected chi connectivity index (χ2v) is 7.54. The van der Waals surface area contributed by atoms with Gasteiger partial charge in [0.05, 0.1) is 29.3 Å². The van der Waals surface area contributed by atoms with Crippen molar-refractivity contribution in [2.24, 2.45) is 0 Å². The lowest BCUT2D eigenvalue weighted by Crippen LogP contribution is -2.52. The van der Waals surface area contributed by atoms with Gasteiger partial charge in [-0.3, -0.25) is 0 Å². The fraction of sp³-hybridized carbons (Fsp3) is 0.571. The molecule has 1 fully saturated rings. The van der Waals surface area contributed by atoms with Gasteiger partial charge in [-0.25, -0.2) is 0 Å². The van der Waals surface area contributed by atoms with Gasteiger partial charge >= 0.3 is 0 Å². The van der Waals surface area contributed by atoms with E-state index in [1.54, 1.807) is 14.2 Å². The van der Waals surface area contributed by atoms with Gasteiger partial charge in [0.2, 0.25) is 0 Å². The van der Waals surface area contributed by atoms with Crippen LogP contribution in [0.2, 0.25) is 0 Å². The number of benzene rings is 1. The Balaban J connectivity index is 1.99. The molecule has 21 heavy (non-hydrogen) atoms. The molecule has 0 heterocycles. The highest BCUT2D eigenvalue weighted by atomic mass is 79.9. The Morgan fingerprint density at radius 1 is 1.10 bits per heavy atom. The van der Waals surface area contributed by atoms with E-state index in [0.29, 0.717) is 18.0 Å². The van der Waals surface area contributed by atoms with E-state index in [2.05, 4.69) is 47.8 Å². The molecule has 1 aliphatic rings. The minimum absolute atomic E-state index is 0.0304. The Labute approximate surface area is 149 Å². The predicted molar refractivity (Wildman–Crippen MR) is 91.8 cm³/mol. The molecule has 0 spiro atoms. The molecule has 1 aromatic carbocycles. The number of hydrogen-bond donors (Lipinski definition) is 0. The summed E-state index contributed by atoms with van der Waals surface area (Å²) in [5, 5.41) is 0. The van der Waals surface area contributed by atoms with Gasteiger partial charge in [-0.1, -0.05) is 15.9 Å². The third kappa shape index (κ3) is 4.34. The second-order valence-electron chi connectivity index (χ2n) is 4.65. The molecule has 4 nitrogen and oxygen atoms in total. The predicted octanol–water partition coefficient (Wildman–Crippen LogP) is 4.17. The van der Waals surface area contributed by atoms with E-state index in [9.17, 15) is 0 Å². The zero-order chi connectivity index (χ0) is 15.4. The van der Waals surface area contributed by atoms with Crippen molar-refractivity contribution in [3.05, 3.63) is 21.1 Å². The summed E-state index contributed by atoms with van der Waals surface area (Å²) in [6, 6.07) is 3.78. The largest absolute Gasteiger partial charge is 0.496 e. The van der Waals surface area contributed by atoms with E-state index < -0.39 is 0 Å². The van der Waals surface area contributed by atoms with E-state index in [1.165, 1.54) is 0 Å². The SMILES string of the molecule is COCCOC1C(Br)CC1Oc1cc(Br)c(OC)cc1Br. The molecule has 0 amide bonds. The van der Waals surface area contributed by atoms with Crippen LogP contribution in [0.5, 0.6) is 11.5 Å². The molecule has 0 aliphatic heterocycles. The van der Waals surface area contributed by atoms with Gasteiger partial charge in [0.15, 0.2) is 0 Å². The Morgan fingerprint density at radius 2 is 1.76 bits per heavy atom. The van der Waals surface area contributed by atoms with Crippen molar-refractivity contribution in [3.8, 4) is 11.5 Å². The van der Waals surface area contributed by atoms with E-state index in [1.807, 2.05) is 12.1 Å². The number of ether oxygens (including phenoxy) is 4. The standard InChI is InChI=1S/C14H17Br3O4/c1-18-3-4-20-14-10(17)7-13(14)21-12-6-8(15)11(19-2)5-9(12)16/h5-6,10,13-14H,3-4,7H2,1-2H3. The van der Waals surface area contributed by atoms with Gasteiger partial charge in [0, 0.05) is 18.4 Å². The molecule has 2 rings (SSSR count).